The van der Waals surface area contributed by atoms with Crippen molar-refractivity contribution in [1.29, 1.82) is 0 Å². The van der Waals surface area contributed by atoms with Crippen molar-refractivity contribution in [2.24, 2.45) is 0 Å². The molecule has 0 unspecified atom stereocenters. The molecule has 0 spiro atoms. The highest BCUT2D eigenvalue weighted by Gasteiger charge is 2.11. The standard InChI is InChI=1S/C9H10O4S/c1-2-13-9(12)7-4-3-6(14-7)5-8(10)11/h3-4H,2,5H2,1H3,(H,10,11). The monoisotopic (exact) mass is 214 g/mol. The van der Waals surface area contributed by atoms with Crippen molar-refractivity contribution in [3.8, 4) is 0 Å². The van der Waals surface area contributed by atoms with Crippen LogP contribution < -0.4 is 0 Å². The molecule has 0 saturated heterocycles. The van der Waals surface area contributed by atoms with Crippen molar-refractivity contribution in [3.05, 3.63) is 21.9 Å². The molecule has 1 aromatic rings. The molecule has 0 atom stereocenters. The summed E-state index contributed by atoms with van der Waals surface area (Å²) in [4.78, 5) is 22.6. The number of esters is 1. The first-order valence-electron chi connectivity index (χ1n) is 4.11. The highest BCUT2D eigenvalue weighted by Crippen LogP contribution is 2.17. The van der Waals surface area contributed by atoms with E-state index in [1.807, 2.05) is 0 Å². The van der Waals surface area contributed by atoms with Crippen LogP contribution in [0.3, 0.4) is 0 Å². The van der Waals surface area contributed by atoms with Gasteiger partial charge in [0.25, 0.3) is 0 Å². The highest BCUT2D eigenvalue weighted by molar-refractivity contribution is 7.14. The summed E-state index contributed by atoms with van der Waals surface area (Å²) in [5, 5.41) is 8.51. The zero-order valence-corrected chi connectivity index (χ0v) is 8.47. The molecule has 0 radical (unpaired) electrons. The van der Waals surface area contributed by atoms with Gasteiger partial charge in [0.2, 0.25) is 0 Å². The van der Waals surface area contributed by atoms with Crippen molar-refractivity contribution in [2.45, 2.75) is 13.3 Å². The van der Waals surface area contributed by atoms with Gasteiger partial charge in [-0.1, -0.05) is 0 Å². The first kappa shape index (κ1) is 10.7. The van der Waals surface area contributed by atoms with Gasteiger partial charge in [0, 0.05) is 4.88 Å². The number of carboxylic acid groups (broad SMARTS) is 1. The Balaban J connectivity index is 2.67. The number of carbonyl (C=O) groups is 2. The van der Waals surface area contributed by atoms with Crippen LogP contribution >= 0.6 is 11.3 Å². The summed E-state index contributed by atoms with van der Waals surface area (Å²) in [6.07, 6.45) is -0.0515. The van der Waals surface area contributed by atoms with Gasteiger partial charge in [-0.15, -0.1) is 11.3 Å². The molecular weight excluding hydrogens is 204 g/mol. The molecule has 0 aliphatic rings. The molecule has 0 aliphatic carbocycles. The average molecular weight is 214 g/mol. The molecule has 0 aliphatic heterocycles. The van der Waals surface area contributed by atoms with Gasteiger partial charge in [-0.3, -0.25) is 4.79 Å². The van der Waals surface area contributed by atoms with E-state index < -0.39 is 11.9 Å². The molecule has 0 fully saturated rings. The third kappa shape index (κ3) is 2.85. The third-order valence-corrected chi connectivity index (χ3v) is 2.53. The Bertz CT molecular complexity index is 342. The van der Waals surface area contributed by atoms with Gasteiger partial charge in [0.05, 0.1) is 13.0 Å². The van der Waals surface area contributed by atoms with E-state index in [1.54, 1.807) is 19.1 Å². The maximum Gasteiger partial charge on any atom is 0.348 e. The summed E-state index contributed by atoms with van der Waals surface area (Å²) in [7, 11) is 0. The first-order chi connectivity index (χ1) is 6.63. The van der Waals surface area contributed by atoms with E-state index in [9.17, 15) is 9.59 Å². The second-order valence-electron chi connectivity index (χ2n) is 2.56. The molecule has 76 valence electrons. The lowest BCUT2D eigenvalue weighted by Gasteiger charge is -1.96. The summed E-state index contributed by atoms with van der Waals surface area (Å²) in [5.41, 5.74) is 0. The van der Waals surface area contributed by atoms with Crippen LogP contribution in [-0.4, -0.2) is 23.7 Å². The van der Waals surface area contributed by atoms with Gasteiger partial charge in [-0.05, 0) is 19.1 Å². The van der Waals surface area contributed by atoms with E-state index in [0.29, 0.717) is 16.4 Å². The normalized spacial score (nSPS) is 9.79. The number of ether oxygens (including phenoxy) is 1. The first-order valence-corrected chi connectivity index (χ1v) is 4.92. The molecule has 1 N–H and O–H groups in total. The maximum atomic E-state index is 11.2. The van der Waals surface area contributed by atoms with E-state index in [0.717, 1.165) is 11.3 Å². The summed E-state index contributed by atoms with van der Waals surface area (Å²) >= 11 is 1.15. The van der Waals surface area contributed by atoms with Crippen LogP contribution in [-0.2, 0) is 16.0 Å². The van der Waals surface area contributed by atoms with E-state index in [-0.39, 0.29) is 6.42 Å². The van der Waals surface area contributed by atoms with Gasteiger partial charge in [0.1, 0.15) is 4.88 Å². The summed E-state index contributed by atoms with van der Waals surface area (Å²) in [6.45, 7) is 2.05. The number of hydrogen-bond donors (Lipinski definition) is 1. The lowest BCUT2D eigenvalue weighted by molar-refractivity contribution is -0.136. The molecular formula is C9H10O4S. The number of carboxylic acids is 1. The lowest BCUT2D eigenvalue weighted by atomic mass is 10.3. The Kier molecular flexibility index (Phi) is 3.64. The van der Waals surface area contributed by atoms with E-state index >= 15 is 0 Å². The Morgan fingerprint density at radius 3 is 2.79 bits per heavy atom. The number of hydrogen-bond acceptors (Lipinski definition) is 4. The highest BCUT2D eigenvalue weighted by atomic mass is 32.1. The van der Waals surface area contributed by atoms with E-state index in [2.05, 4.69) is 0 Å². The minimum absolute atomic E-state index is 0.0515. The largest absolute Gasteiger partial charge is 0.481 e. The zero-order chi connectivity index (χ0) is 10.6. The quantitative estimate of drug-likeness (QED) is 0.772. The van der Waals surface area contributed by atoms with Crippen molar-refractivity contribution in [1.82, 2.24) is 0 Å². The van der Waals surface area contributed by atoms with E-state index in [1.165, 1.54) is 0 Å². The fraction of sp³-hybridized carbons (Fsp3) is 0.333. The number of rotatable bonds is 4. The molecule has 5 heteroatoms. The number of carbonyl (C=O) groups excluding carboxylic acids is 1. The van der Waals surface area contributed by atoms with Crippen LogP contribution in [0.5, 0.6) is 0 Å². The van der Waals surface area contributed by atoms with Crippen LogP contribution in [0.15, 0.2) is 12.1 Å². The average Bonchev–Trinajstić information content (AvgIpc) is 2.52. The van der Waals surface area contributed by atoms with E-state index in [4.69, 9.17) is 9.84 Å². The van der Waals surface area contributed by atoms with Gasteiger partial charge in [0.15, 0.2) is 0 Å². The maximum absolute atomic E-state index is 11.2. The SMILES string of the molecule is CCOC(=O)c1ccc(CC(=O)O)s1. The van der Waals surface area contributed by atoms with Gasteiger partial charge < -0.3 is 9.84 Å². The Hall–Kier alpha value is -1.36. The second kappa shape index (κ2) is 4.76. The van der Waals surface area contributed by atoms with Crippen molar-refractivity contribution < 1.29 is 19.4 Å². The topological polar surface area (TPSA) is 63.6 Å². The number of thiophene rings is 1. The minimum Gasteiger partial charge on any atom is -0.481 e. The molecule has 0 bridgehead atoms. The van der Waals surface area contributed by atoms with Crippen LogP contribution in [0.2, 0.25) is 0 Å². The lowest BCUT2D eigenvalue weighted by Crippen LogP contribution is -2.01. The van der Waals surface area contributed by atoms with Crippen LogP contribution in [0.1, 0.15) is 21.5 Å². The molecule has 0 saturated carbocycles. The summed E-state index contributed by atoms with van der Waals surface area (Å²) < 4.78 is 4.77. The third-order valence-electron chi connectivity index (χ3n) is 1.46. The minimum atomic E-state index is -0.901. The summed E-state index contributed by atoms with van der Waals surface area (Å²) in [5.74, 6) is -1.30. The Labute approximate surface area is 85.1 Å². The zero-order valence-electron chi connectivity index (χ0n) is 7.65. The van der Waals surface area contributed by atoms with Gasteiger partial charge in [-0.25, -0.2) is 4.79 Å². The van der Waals surface area contributed by atoms with Crippen molar-refractivity contribution >= 4 is 23.3 Å². The Morgan fingerprint density at radius 1 is 1.50 bits per heavy atom. The summed E-state index contributed by atoms with van der Waals surface area (Å²) in [6, 6.07) is 3.21. The predicted molar refractivity (Wildman–Crippen MR) is 51.6 cm³/mol. The molecule has 14 heavy (non-hydrogen) atoms. The number of aliphatic carboxylic acids is 1. The van der Waals surface area contributed by atoms with Crippen molar-refractivity contribution in [3.63, 3.8) is 0 Å². The smallest absolute Gasteiger partial charge is 0.348 e. The van der Waals surface area contributed by atoms with Crippen LogP contribution in [0, 0.1) is 0 Å². The molecule has 1 rings (SSSR count). The van der Waals surface area contributed by atoms with Crippen LogP contribution in [0.25, 0.3) is 0 Å². The van der Waals surface area contributed by atoms with Gasteiger partial charge in [-0.2, -0.15) is 0 Å². The van der Waals surface area contributed by atoms with Crippen LogP contribution in [0.4, 0.5) is 0 Å². The second-order valence-corrected chi connectivity index (χ2v) is 3.73. The predicted octanol–water partition coefficient (Wildman–Crippen LogP) is 1.55. The van der Waals surface area contributed by atoms with Crippen molar-refractivity contribution in [2.75, 3.05) is 6.61 Å². The molecule has 0 aromatic carbocycles. The molecule has 1 aromatic heterocycles. The fourth-order valence-electron chi connectivity index (χ4n) is 0.934. The molecule has 0 amide bonds. The molecule has 1 heterocycles. The Morgan fingerprint density at radius 2 is 2.21 bits per heavy atom. The fourth-order valence-corrected chi connectivity index (χ4v) is 1.83. The molecule has 4 nitrogen and oxygen atoms in total. The van der Waals surface area contributed by atoms with Gasteiger partial charge >= 0.3 is 11.9 Å².